The lowest BCUT2D eigenvalue weighted by Crippen LogP contribution is -2.31. The second-order valence-electron chi connectivity index (χ2n) is 5.81. The molecule has 1 aliphatic rings. The van der Waals surface area contributed by atoms with Crippen LogP contribution in [0, 0.1) is 5.92 Å². The minimum Gasteiger partial charge on any atom is -0.396 e. The largest absolute Gasteiger partial charge is 0.396 e. The Morgan fingerprint density at radius 2 is 1.89 bits per heavy atom. The van der Waals surface area contributed by atoms with Crippen LogP contribution in [-0.4, -0.2) is 23.9 Å². The van der Waals surface area contributed by atoms with Crippen LogP contribution in [0.3, 0.4) is 0 Å². The van der Waals surface area contributed by atoms with Crippen molar-refractivity contribution in [1.29, 1.82) is 0 Å². The summed E-state index contributed by atoms with van der Waals surface area (Å²) in [6.07, 6.45) is 3.65. The molecule has 2 nitrogen and oxygen atoms in total. The molecule has 0 aliphatic heterocycles. The Kier molecular flexibility index (Phi) is 5.43. The molecule has 0 saturated heterocycles. The number of ether oxygens (including phenoxy) is 1. The molecular weight excluding hydrogens is 304 g/mol. The molecule has 0 radical (unpaired) electrons. The van der Waals surface area contributed by atoms with Crippen molar-refractivity contribution in [3.63, 3.8) is 0 Å². The van der Waals surface area contributed by atoms with Crippen LogP contribution in [0.5, 0.6) is 0 Å². The number of aliphatic hydroxyl groups excluding tert-OH is 1. The molecule has 19 heavy (non-hydrogen) atoms. The van der Waals surface area contributed by atoms with Crippen LogP contribution in [0.1, 0.15) is 44.6 Å². The summed E-state index contributed by atoms with van der Waals surface area (Å²) >= 11 is 3.47. The normalized spacial score (nSPS) is 27.7. The Labute approximate surface area is 124 Å². The molecule has 0 heterocycles. The summed E-state index contributed by atoms with van der Waals surface area (Å²) in [4.78, 5) is 0. The third-order valence-electron chi connectivity index (χ3n) is 3.83. The molecule has 0 aromatic heterocycles. The molecule has 0 bridgehead atoms. The van der Waals surface area contributed by atoms with Crippen molar-refractivity contribution < 1.29 is 9.84 Å². The highest BCUT2D eigenvalue weighted by Crippen LogP contribution is 2.38. The molecular formula is C16H23BrO2. The maximum atomic E-state index is 9.49. The van der Waals surface area contributed by atoms with Gasteiger partial charge >= 0.3 is 0 Å². The highest BCUT2D eigenvalue weighted by Gasteiger charge is 2.30. The first-order valence-corrected chi connectivity index (χ1v) is 7.89. The molecule has 3 heteroatoms. The van der Waals surface area contributed by atoms with Gasteiger partial charge in [0.05, 0.1) is 12.2 Å². The van der Waals surface area contributed by atoms with Crippen LogP contribution in [0.15, 0.2) is 28.7 Å². The van der Waals surface area contributed by atoms with Gasteiger partial charge in [-0.2, -0.15) is 0 Å². The van der Waals surface area contributed by atoms with Gasteiger partial charge in [0, 0.05) is 11.1 Å². The standard InChI is InChI=1S/C16H23BrO2/c1-11(2)19-16-8-12(10-18)7-14(9-16)13-3-5-15(17)6-4-13/h3-6,11-12,14,16,18H,7-10H2,1-2H3. The van der Waals surface area contributed by atoms with Crippen molar-refractivity contribution in [1.82, 2.24) is 0 Å². The van der Waals surface area contributed by atoms with Crippen molar-refractivity contribution >= 4 is 15.9 Å². The SMILES string of the molecule is CC(C)OC1CC(CO)CC(c2ccc(Br)cc2)C1. The van der Waals surface area contributed by atoms with Gasteiger partial charge in [0.25, 0.3) is 0 Å². The van der Waals surface area contributed by atoms with Gasteiger partial charge in [0.1, 0.15) is 0 Å². The molecule has 0 amide bonds. The summed E-state index contributed by atoms with van der Waals surface area (Å²) in [6, 6.07) is 8.55. The number of hydrogen-bond acceptors (Lipinski definition) is 2. The second kappa shape index (κ2) is 6.87. The first-order valence-electron chi connectivity index (χ1n) is 7.10. The van der Waals surface area contributed by atoms with E-state index in [1.165, 1.54) is 5.56 Å². The van der Waals surface area contributed by atoms with E-state index in [-0.39, 0.29) is 18.8 Å². The van der Waals surface area contributed by atoms with E-state index in [0.29, 0.717) is 11.8 Å². The predicted molar refractivity (Wildman–Crippen MR) is 81.3 cm³/mol. The lowest BCUT2D eigenvalue weighted by Gasteiger charge is -2.35. The average molecular weight is 327 g/mol. The molecule has 1 N–H and O–H groups in total. The average Bonchev–Trinajstić information content (AvgIpc) is 2.38. The highest BCUT2D eigenvalue weighted by molar-refractivity contribution is 9.10. The van der Waals surface area contributed by atoms with Crippen LogP contribution in [0.25, 0.3) is 0 Å². The maximum Gasteiger partial charge on any atom is 0.0588 e. The number of aliphatic hydroxyl groups is 1. The Hall–Kier alpha value is -0.380. The molecule has 3 atom stereocenters. The minimum atomic E-state index is 0.257. The van der Waals surface area contributed by atoms with Crippen molar-refractivity contribution in [2.75, 3.05) is 6.61 Å². The number of halogens is 1. The van der Waals surface area contributed by atoms with Gasteiger partial charge in [-0.15, -0.1) is 0 Å². The van der Waals surface area contributed by atoms with Crippen LogP contribution in [-0.2, 0) is 4.74 Å². The Balaban J connectivity index is 2.08. The Bertz CT molecular complexity index is 388. The zero-order valence-corrected chi connectivity index (χ0v) is 13.3. The van der Waals surface area contributed by atoms with Crippen LogP contribution in [0.4, 0.5) is 0 Å². The first-order chi connectivity index (χ1) is 9.08. The van der Waals surface area contributed by atoms with Gasteiger partial charge in [-0.1, -0.05) is 28.1 Å². The molecule has 0 spiro atoms. The van der Waals surface area contributed by atoms with E-state index in [9.17, 15) is 5.11 Å². The van der Waals surface area contributed by atoms with Gasteiger partial charge < -0.3 is 9.84 Å². The monoisotopic (exact) mass is 326 g/mol. The van der Waals surface area contributed by atoms with Gasteiger partial charge in [-0.05, 0) is 62.6 Å². The van der Waals surface area contributed by atoms with Crippen molar-refractivity contribution in [2.45, 2.75) is 51.2 Å². The summed E-state index contributed by atoms with van der Waals surface area (Å²) in [5.41, 5.74) is 1.36. The highest BCUT2D eigenvalue weighted by atomic mass is 79.9. The van der Waals surface area contributed by atoms with Crippen LogP contribution >= 0.6 is 15.9 Å². The van der Waals surface area contributed by atoms with Crippen molar-refractivity contribution in [3.05, 3.63) is 34.3 Å². The Morgan fingerprint density at radius 1 is 1.21 bits per heavy atom. The summed E-state index contributed by atoms with van der Waals surface area (Å²) in [6.45, 7) is 4.43. The third kappa shape index (κ3) is 4.30. The fourth-order valence-electron chi connectivity index (χ4n) is 3.03. The van der Waals surface area contributed by atoms with Crippen LogP contribution in [0.2, 0.25) is 0 Å². The van der Waals surface area contributed by atoms with E-state index in [0.717, 1.165) is 23.7 Å². The fourth-order valence-corrected chi connectivity index (χ4v) is 3.30. The number of hydrogen-bond donors (Lipinski definition) is 1. The Morgan fingerprint density at radius 3 is 2.47 bits per heavy atom. The van der Waals surface area contributed by atoms with E-state index in [4.69, 9.17) is 4.74 Å². The fraction of sp³-hybridized carbons (Fsp3) is 0.625. The lowest BCUT2D eigenvalue weighted by molar-refractivity contribution is -0.0354. The lowest BCUT2D eigenvalue weighted by atomic mass is 9.77. The maximum absolute atomic E-state index is 9.49. The molecule has 2 rings (SSSR count). The molecule has 1 aromatic carbocycles. The van der Waals surface area contributed by atoms with Gasteiger partial charge in [-0.25, -0.2) is 0 Å². The quantitative estimate of drug-likeness (QED) is 0.901. The van der Waals surface area contributed by atoms with Crippen molar-refractivity contribution in [2.24, 2.45) is 5.92 Å². The summed E-state index contributed by atoms with van der Waals surface area (Å²) in [7, 11) is 0. The molecule has 3 unspecified atom stereocenters. The van der Waals surface area contributed by atoms with E-state index < -0.39 is 0 Å². The zero-order chi connectivity index (χ0) is 13.8. The molecule has 1 aliphatic carbocycles. The van der Waals surface area contributed by atoms with Crippen LogP contribution < -0.4 is 0 Å². The summed E-state index contributed by atoms with van der Waals surface area (Å²) in [5.74, 6) is 0.869. The third-order valence-corrected chi connectivity index (χ3v) is 4.35. The van der Waals surface area contributed by atoms with Gasteiger partial charge in [0.15, 0.2) is 0 Å². The summed E-state index contributed by atoms with van der Waals surface area (Å²) in [5, 5.41) is 9.49. The van der Waals surface area contributed by atoms with E-state index in [1.807, 2.05) is 0 Å². The second-order valence-corrected chi connectivity index (χ2v) is 6.73. The minimum absolute atomic E-state index is 0.257. The smallest absolute Gasteiger partial charge is 0.0588 e. The van der Waals surface area contributed by atoms with Crippen molar-refractivity contribution in [3.8, 4) is 0 Å². The number of benzene rings is 1. The molecule has 1 aromatic rings. The molecule has 106 valence electrons. The van der Waals surface area contributed by atoms with E-state index in [1.54, 1.807) is 0 Å². The zero-order valence-electron chi connectivity index (χ0n) is 11.7. The summed E-state index contributed by atoms with van der Waals surface area (Å²) < 4.78 is 7.09. The molecule has 1 fully saturated rings. The predicted octanol–water partition coefficient (Wildman–Crippen LogP) is 4.12. The molecule has 1 saturated carbocycles. The first kappa shape index (κ1) is 15.0. The van der Waals surface area contributed by atoms with Gasteiger partial charge in [-0.3, -0.25) is 0 Å². The van der Waals surface area contributed by atoms with E-state index >= 15 is 0 Å². The topological polar surface area (TPSA) is 29.5 Å². The number of rotatable bonds is 4. The van der Waals surface area contributed by atoms with Gasteiger partial charge in [0.2, 0.25) is 0 Å². The van der Waals surface area contributed by atoms with E-state index in [2.05, 4.69) is 54.0 Å².